The summed E-state index contributed by atoms with van der Waals surface area (Å²) in [6.07, 6.45) is 12.7. The van der Waals surface area contributed by atoms with Gasteiger partial charge in [-0.25, -0.2) is 4.79 Å². The molecule has 2 unspecified atom stereocenters. The summed E-state index contributed by atoms with van der Waals surface area (Å²) in [7, 11) is 8.94. The van der Waals surface area contributed by atoms with Crippen molar-refractivity contribution >= 4 is 5.97 Å². The van der Waals surface area contributed by atoms with Crippen LogP contribution >= 0.6 is 0 Å². The molecule has 0 aromatic rings. The SMILES string of the molecule is CN1CCC(C2(C3CCN(C)CC3)C(C(C)(C)C)=C(O)C(C(C)(C)C)C(C3CCN(C)CC3)(C3CCN(C)CC3)C2(OC2CCCCC2)C(=O)O)CC1. The van der Waals surface area contributed by atoms with Gasteiger partial charge in [0.25, 0.3) is 0 Å². The van der Waals surface area contributed by atoms with Crippen molar-refractivity contribution in [3.8, 4) is 0 Å². The Hall–Kier alpha value is -1.19. The number of piperidine rings is 4. The largest absolute Gasteiger partial charge is 0.512 e. The molecule has 6 aliphatic rings. The van der Waals surface area contributed by atoms with Gasteiger partial charge in [-0.05, 0) is 185 Å². The number of nitrogens with zero attached hydrogens (tertiary/aromatic N) is 4. The molecule has 4 saturated heterocycles. The van der Waals surface area contributed by atoms with Crippen molar-refractivity contribution in [2.24, 2.45) is 51.2 Å². The monoisotopic (exact) mass is 741 g/mol. The van der Waals surface area contributed by atoms with E-state index in [9.17, 15) is 10.2 Å². The van der Waals surface area contributed by atoms with Gasteiger partial charge in [-0.1, -0.05) is 60.8 Å². The molecule has 8 nitrogen and oxygen atoms in total. The normalized spacial score (nSPS) is 32.4. The Morgan fingerprint density at radius 3 is 1.28 bits per heavy atom. The van der Waals surface area contributed by atoms with Gasteiger partial charge in [0.2, 0.25) is 0 Å². The summed E-state index contributed by atoms with van der Waals surface area (Å²) in [6, 6.07) is 0. The Balaban J connectivity index is 1.84. The zero-order valence-electron chi connectivity index (χ0n) is 35.8. The molecular formula is C45H80N4O4. The minimum atomic E-state index is -1.49. The highest BCUT2D eigenvalue weighted by molar-refractivity contribution is 5.83. The summed E-state index contributed by atoms with van der Waals surface area (Å²) in [5.74, 6) is -0.0429. The molecule has 8 heteroatoms. The van der Waals surface area contributed by atoms with Crippen molar-refractivity contribution in [1.82, 2.24) is 19.6 Å². The van der Waals surface area contributed by atoms with Crippen LogP contribution in [0.5, 0.6) is 0 Å². The van der Waals surface area contributed by atoms with Gasteiger partial charge in [0, 0.05) is 16.7 Å². The number of carboxylic acids is 1. The molecule has 2 atom stereocenters. The van der Waals surface area contributed by atoms with Crippen LogP contribution in [0.4, 0.5) is 0 Å². The van der Waals surface area contributed by atoms with Gasteiger partial charge in [0.05, 0.1) is 11.9 Å². The van der Waals surface area contributed by atoms with Crippen LogP contribution in [-0.4, -0.2) is 128 Å². The van der Waals surface area contributed by atoms with Crippen molar-refractivity contribution < 1.29 is 19.7 Å². The van der Waals surface area contributed by atoms with E-state index in [1.165, 1.54) is 6.42 Å². The zero-order valence-corrected chi connectivity index (χ0v) is 35.8. The third-order valence-corrected chi connectivity index (χ3v) is 15.9. The first-order chi connectivity index (χ1) is 24.9. The van der Waals surface area contributed by atoms with Crippen LogP contribution in [0.2, 0.25) is 0 Å². The first kappa shape index (κ1) is 41.4. The van der Waals surface area contributed by atoms with E-state index in [1.54, 1.807) is 0 Å². The summed E-state index contributed by atoms with van der Waals surface area (Å²) in [6.45, 7) is 21.5. The van der Waals surface area contributed by atoms with Crippen molar-refractivity contribution in [3.05, 3.63) is 11.3 Å². The summed E-state index contributed by atoms with van der Waals surface area (Å²) in [4.78, 5) is 25.8. The highest BCUT2D eigenvalue weighted by Crippen LogP contribution is 2.78. The molecule has 0 aromatic carbocycles. The van der Waals surface area contributed by atoms with Crippen LogP contribution in [-0.2, 0) is 9.53 Å². The third kappa shape index (κ3) is 6.97. The lowest BCUT2D eigenvalue weighted by atomic mass is 9.31. The Morgan fingerprint density at radius 2 is 0.962 bits per heavy atom. The minimum Gasteiger partial charge on any atom is -0.512 e. The van der Waals surface area contributed by atoms with E-state index in [4.69, 9.17) is 4.74 Å². The second kappa shape index (κ2) is 15.6. The average molecular weight is 741 g/mol. The first-order valence-corrected chi connectivity index (χ1v) is 22.0. The Labute approximate surface area is 324 Å². The summed E-state index contributed by atoms with van der Waals surface area (Å²) in [5, 5.41) is 27.0. The van der Waals surface area contributed by atoms with Crippen molar-refractivity contribution in [2.75, 3.05) is 80.5 Å². The quantitative estimate of drug-likeness (QED) is 0.272. The Morgan fingerprint density at radius 1 is 0.604 bits per heavy atom. The molecule has 6 rings (SSSR count). The fourth-order valence-electron chi connectivity index (χ4n) is 14.1. The van der Waals surface area contributed by atoms with E-state index in [-0.39, 0.29) is 35.7 Å². The van der Waals surface area contributed by atoms with Crippen LogP contribution in [0.3, 0.4) is 0 Å². The lowest BCUT2D eigenvalue weighted by Gasteiger charge is -2.75. The number of rotatable bonds is 7. The highest BCUT2D eigenvalue weighted by atomic mass is 16.5. The van der Waals surface area contributed by atoms with Gasteiger partial charge in [0.1, 0.15) is 0 Å². The van der Waals surface area contributed by atoms with Crippen LogP contribution in [0.1, 0.15) is 125 Å². The van der Waals surface area contributed by atoms with E-state index in [2.05, 4.69) is 89.3 Å². The molecule has 4 heterocycles. The number of ether oxygens (including phenoxy) is 1. The maximum absolute atomic E-state index is 16.0. The molecule has 0 aromatic heterocycles. The van der Waals surface area contributed by atoms with Gasteiger partial charge in [0.15, 0.2) is 5.60 Å². The summed E-state index contributed by atoms with van der Waals surface area (Å²) >= 11 is 0. The second-order valence-electron chi connectivity index (χ2n) is 21.3. The lowest BCUT2D eigenvalue weighted by Crippen LogP contribution is -2.81. The number of likely N-dealkylation sites (tertiary alicyclic amines) is 4. The van der Waals surface area contributed by atoms with Gasteiger partial charge >= 0.3 is 5.97 Å². The number of aliphatic hydroxyl groups excluding tert-OH is 1. The number of hydrogen-bond donors (Lipinski definition) is 2. The molecule has 0 spiro atoms. The van der Waals surface area contributed by atoms with Gasteiger partial charge < -0.3 is 34.5 Å². The number of carbonyl (C=O) groups is 1. The molecule has 1 saturated carbocycles. The lowest BCUT2D eigenvalue weighted by molar-refractivity contribution is -0.320. The molecule has 0 bridgehead atoms. The van der Waals surface area contributed by atoms with Crippen LogP contribution in [0.15, 0.2) is 11.3 Å². The second-order valence-corrected chi connectivity index (χ2v) is 21.3. The third-order valence-electron chi connectivity index (χ3n) is 15.9. The molecular weight excluding hydrogens is 661 g/mol. The number of hydrogen-bond acceptors (Lipinski definition) is 7. The maximum Gasteiger partial charge on any atom is 0.337 e. The number of aliphatic carboxylic acids is 1. The Bertz CT molecular complexity index is 1240. The predicted molar refractivity (Wildman–Crippen MR) is 216 cm³/mol. The summed E-state index contributed by atoms with van der Waals surface area (Å²) in [5.41, 5.74) is -2.92. The topological polar surface area (TPSA) is 79.7 Å². The van der Waals surface area contributed by atoms with Crippen LogP contribution in [0, 0.1) is 51.2 Å². The molecule has 0 amide bonds. The molecule has 304 valence electrons. The number of aliphatic hydroxyl groups is 1. The average Bonchev–Trinajstić information content (AvgIpc) is 3.09. The summed E-state index contributed by atoms with van der Waals surface area (Å²) < 4.78 is 8.23. The fraction of sp³-hybridized carbons (Fsp3) is 0.933. The molecule has 53 heavy (non-hydrogen) atoms. The Kier molecular flexibility index (Phi) is 12.2. The van der Waals surface area contributed by atoms with E-state index >= 15 is 4.79 Å². The minimum absolute atomic E-state index is 0.0873. The molecule has 2 aliphatic carbocycles. The van der Waals surface area contributed by atoms with Crippen LogP contribution < -0.4 is 0 Å². The molecule has 4 aliphatic heterocycles. The van der Waals surface area contributed by atoms with Gasteiger partial charge in [-0.15, -0.1) is 0 Å². The molecule has 5 fully saturated rings. The predicted octanol–water partition coefficient (Wildman–Crippen LogP) is 8.03. The molecule has 0 radical (unpaired) electrons. The zero-order chi connectivity index (χ0) is 38.6. The van der Waals surface area contributed by atoms with Crippen molar-refractivity contribution in [3.63, 3.8) is 0 Å². The van der Waals surface area contributed by atoms with Crippen molar-refractivity contribution in [2.45, 2.75) is 137 Å². The van der Waals surface area contributed by atoms with E-state index in [0.717, 1.165) is 135 Å². The fourth-order valence-corrected chi connectivity index (χ4v) is 14.1. The van der Waals surface area contributed by atoms with Crippen LogP contribution in [0.25, 0.3) is 0 Å². The first-order valence-electron chi connectivity index (χ1n) is 22.0. The smallest absolute Gasteiger partial charge is 0.337 e. The maximum atomic E-state index is 16.0. The number of allylic oxidation sites excluding steroid dienone is 1. The van der Waals surface area contributed by atoms with E-state index in [1.807, 2.05) is 0 Å². The number of carboxylic acid groups (broad SMARTS) is 1. The highest BCUT2D eigenvalue weighted by Gasteiger charge is 2.83. The van der Waals surface area contributed by atoms with E-state index in [0.29, 0.717) is 5.76 Å². The standard InChI is InChI=1S/C45H80N4O4/c1-41(2,3)38-37(50)39(42(4,5)6)44(34-20-28-48(9)29-21-34,35-22-30-49(10)31-23-35)45(40(51)52,53-36-14-12-11-13-15-36)43(38,32-16-24-46(7)25-17-32)33-18-26-47(8)27-19-33/h32-36,38,50H,11-31H2,1-10H3,(H,51,52). The van der Waals surface area contributed by atoms with Gasteiger partial charge in [-0.3, -0.25) is 0 Å². The molecule has 2 N–H and O–H groups in total. The van der Waals surface area contributed by atoms with Crippen molar-refractivity contribution in [1.29, 1.82) is 0 Å². The van der Waals surface area contributed by atoms with E-state index < -0.39 is 33.2 Å². The van der Waals surface area contributed by atoms with Gasteiger partial charge in [-0.2, -0.15) is 0 Å².